The summed E-state index contributed by atoms with van der Waals surface area (Å²) >= 11 is 8.43. The van der Waals surface area contributed by atoms with Crippen LogP contribution in [0, 0.1) is 11.6 Å². The molecule has 0 heterocycles. The fourth-order valence-corrected chi connectivity index (χ4v) is 1.95. The van der Waals surface area contributed by atoms with Crippen LogP contribution in [0.3, 0.4) is 0 Å². The van der Waals surface area contributed by atoms with Gasteiger partial charge in [0.25, 0.3) is 0 Å². The number of halogens is 5. The summed E-state index contributed by atoms with van der Waals surface area (Å²) in [5, 5.41) is 7.91. The van der Waals surface area contributed by atoms with Crippen LogP contribution in [0.4, 0.5) is 13.2 Å². The molecule has 0 amide bonds. The number of aliphatic carboxylic acids is 1. The molecule has 1 atom stereocenters. The molecule has 0 aliphatic heterocycles. The normalized spacial score (nSPS) is 14.6. The first kappa shape index (κ1) is 18.7. The molecule has 3 N–H and O–H groups in total. The largest absolute Gasteiger partial charge is 0.477 e. The van der Waals surface area contributed by atoms with E-state index in [1.165, 1.54) is 6.92 Å². The lowest BCUT2D eigenvalue weighted by atomic mass is 10.1. The van der Waals surface area contributed by atoms with Gasteiger partial charge in [0.2, 0.25) is 0 Å². The van der Waals surface area contributed by atoms with E-state index in [-0.39, 0.29) is 4.47 Å². The van der Waals surface area contributed by atoms with Crippen LogP contribution in [0.5, 0.6) is 0 Å². The van der Waals surface area contributed by atoms with Gasteiger partial charge in [0.05, 0.1) is 9.85 Å². The maximum atomic E-state index is 13.9. The second-order valence-electron chi connectivity index (χ2n) is 4.12. The first-order valence-corrected chi connectivity index (χ1v) is 7.11. The minimum Gasteiger partial charge on any atom is -0.477 e. The maximum Gasteiger partial charge on any atom is 0.351 e. The van der Waals surface area contributed by atoms with Gasteiger partial charge in [0, 0.05) is 12.1 Å². The molecule has 0 saturated heterocycles. The predicted octanol–water partition coefficient (Wildman–Crippen LogP) is 3.48. The molecular formula is C13H11BrClF3N2O2. The van der Waals surface area contributed by atoms with Gasteiger partial charge in [-0.25, -0.2) is 23.0 Å². The van der Waals surface area contributed by atoms with Crippen LogP contribution in [0.2, 0.25) is 0 Å². The van der Waals surface area contributed by atoms with Crippen molar-refractivity contribution in [3.63, 3.8) is 0 Å². The van der Waals surface area contributed by atoms with Crippen molar-refractivity contribution in [2.45, 2.75) is 12.3 Å². The Morgan fingerprint density at radius 2 is 2.05 bits per heavy atom. The Bertz CT molecular complexity index is 663. The highest BCUT2D eigenvalue weighted by molar-refractivity contribution is 9.10. The van der Waals surface area contributed by atoms with Gasteiger partial charge in [0.15, 0.2) is 0 Å². The van der Waals surface area contributed by atoms with E-state index in [1.807, 2.05) is 0 Å². The molecule has 0 radical (unpaired) electrons. The van der Waals surface area contributed by atoms with E-state index in [0.29, 0.717) is 6.07 Å². The quantitative estimate of drug-likeness (QED) is 0.452. The van der Waals surface area contributed by atoms with E-state index in [9.17, 15) is 18.0 Å². The third kappa shape index (κ3) is 4.31. The van der Waals surface area contributed by atoms with Crippen LogP contribution in [-0.4, -0.2) is 28.7 Å². The molecule has 1 aromatic rings. The number of nitrogens with zero attached hydrogens (tertiary/aromatic N) is 1. The lowest BCUT2D eigenvalue weighted by Crippen LogP contribution is -2.22. The number of hydrogen-bond donors (Lipinski definition) is 2. The molecule has 0 bridgehead atoms. The van der Waals surface area contributed by atoms with E-state index in [0.717, 1.165) is 6.07 Å². The van der Waals surface area contributed by atoms with E-state index in [4.69, 9.17) is 22.4 Å². The SMILES string of the molecule is CC(Cl)C(=N/C(=C(/F)CN)c1cc(F)c(Br)cc1F)C(=O)O. The Balaban J connectivity index is 3.61. The zero-order chi connectivity index (χ0) is 17.0. The summed E-state index contributed by atoms with van der Waals surface area (Å²) in [4.78, 5) is 14.6. The molecule has 0 saturated carbocycles. The zero-order valence-electron chi connectivity index (χ0n) is 11.2. The number of carboxylic acids is 1. The molecule has 0 spiro atoms. The monoisotopic (exact) mass is 398 g/mol. The third-order valence-electron chi connectivity index (χ3n) is 2.53. The van der Waals surface area contributed by atoms with Crippen LogP contribution in [-0.2, 0) is 4.79 Å². The molecule has 1 rings (SSSR count). The highest BCUT2D eigenvalue weighted by atomic mass is 79.9. The predicted molar refractivity (Wildman–Crippen MR) is 81.5 cm³/mol. The minimum atomic E-state index is -1.51. The van der Waals surface area contributed by atoms with Gasteiger partial charge in [-0.1, -0.05) is 0 Å². The van der Waals surface area contributed by atoms with Crippen molar-refractivity contribution >= 4 is 44.9 Å². The van der Waals surface area contributed by atoms with Crippen LogP contribution in [0.1, 0.15) is 12.5 Å². The average Bonchev–Trinajstić information content (AvgIpc) is 2.43. The lowest BCUT2D eigenvalue weighted by Gasteiger charge is -2.10. The van der Waals surface area contributed by atoms with Gasteiger partial charge in [-0.15, -0.1) is 11.6 Å². The van der Waals surface area contributed by atoms with Gasteiger partial charge in [-0.3, -0.25) is 0 Å². The summed E-state index contributed by atoms with van der Waals surface area (Å²) in [5.74, 6) is -4.48. The molecule has 0 aliphatic carbocycles. The number of aliphatic imine (C=N–C) groups is 1. The number of nitrogens with two attached hydrogens (primary N) is 1. The summed E-state index contributed by atoms with van der Waals surface area (Å²) in [6.45, 7) is 0.629. The van der Waals surface area contributed by atoms with E-state index >= 15 is 0 Å². The second kappa shape index (κ2) is 7.75. The summed E-state index contributed by atoms with van der Waals surface area (Å²) < 4.78 is 41.2. The third-order valence-corrected chi connectivity index (χ3v) is 3.34. The second-order valence-corrected chi connectivity index (χ2v) is 5.63. The minimum absolute atomic E-state index is 0.172. The Morgan fingerprint density at radius 1 is 1.45 bits per heavy atom. The first-order chi connectivity index (χ1) is 10.2. The summed E-state index contributed by atoms with van der Waals surface area (Å²) in [6, 6.07) is 1.46. The molecule has 1 aromatic carbocycles. The van der Waals surface area contributed by atoms with Gasteiger partial charge in [0.1, 0.15) is 28.9 Å². The van der Waals surface area contributed by atoms with Crippen molar-refractivity contribution in [3.8, 4) is 0 Å². The van der Waals surface area contributed by atoms with E-state index in [1.54, 1.807) is 0 Å². The summed E-state index contributed by atoms with van der Waals surface area (Å²) in [7, 11) is 0. The van der Waals surface area contributed by atoms with Crippen LogP contribution >= 0.6 is 27.5 Å². The Morgan fingerprint density at radius 3 is 2.50 bits per heavy atom. The fraction of sp³-hybridized carbons (Fsp3) is 0.231. The van der Waals surface area contributed by atoms with E-state index in [2.05, 4.69) is 20.9 Å². The smallest absolute Gasteiger partial charge is 0.351 e. The van der Waals surface area contributed by atoms with Crippen molar-refractivity contribution in [1.29, 1.82) is 0 Å². The Hall–Kier alpha value is -1.38. The van der Waals surface area contributed by atoms with Crippen molar-refractivity contribution in [2.75, 3.05) is 6.54 Å². The van der Waals surface area contributed by atoms with Crippen molar-refractivity contribution in [2.24, 2.45) is 10.7 Å². The number of alkyl halides is 1. The molecule has 0 aliphatic rings. The first-order valence-electron chi connectivity index (χ1n) is 5.88. The molecule has 4 nitrogen and oxygen atoms in total. The highest BCUT2D eigenvalue weighted by Crippen LogP contribution is 2.28. The molecule has 0 aromatic heterocycles. The van der Waals surface area contributed by atoms with Crippen molar-refractivity contribution in [3.05, 3.63) is 39.6 Å². The Kier molecular flexibility index (Phi) is 6.58. The molecule has 9 heteroatoms. The highest BCUT2D eigenvalue weighted by Gasteiger charge is 2.21. The molecular weight excluding hydrogens is 389 g/mol. The number of carboxylic acid groups (broad SMARTS) is 1. The fourth-order valence-electron chi connectivity index (χ4n) is 1.50. The number of rotatable bonds is 5. The van der Waals surface area contributed by atoms with Crippen molar-refractivity contribution < 1.29 is 23.1 Å². The Labute approximate surface area is 137 Å². The number of carbonyl (C=O) groups is 1. The molecule has 120 valence electrons. The van der Waals surface area contributed by atoms with Crippen LogP contribution in [0.15, 0.2) is 27.4 Å². The van der Waals surface area contributed by atoms with Gasteiger partial charge in [-0.05, 0) is 35.0 Å². The topological polar surface area (TPSA) is 75.7 Å². The van der Waals surface area contributed by atoms with Gasteiger partial charge >= 0.3 is 5.97 Å². The van der Waals surface area contributed by atoms with Gasteiger partial charge in [-0.2, -0.15) is 0 Å². The van der Waals surface area contributed by atoms with Crippen LogP contribution < -0.4 is 5.73 Å². The average molecular weight is 400 g/mol. The standard InChI is InChI=1S/C13H11BrClF3N2O2/c1-5(15)11(13(21)22)20-12(10(18)4-19)6-2-9(17)7(14)3-8(6)16/h2-3,5H,4,19H2,1H3,(H,21,22)/b12-10+,20-11?. The number of benzene rings is 1. The van der Waals surface area contributed by atoms with Crippen LogP contribution in [0.25, 0.3) is 5.70 Å². The molecule has 0 fully saturated rings. The number of hydrogen-bond acceptors (Lipinski definition) is 3. The molecule has 1 unspecified atom stereocenters. The maximum absolute atomic E-state index is 13.9. The summed E-state index contributed by atoms with van der Waals surface area (Å²) in [5.41, 5.74) is 3.26. The summed E-state index contributed by atoms with van der Waals surface area (Å²) in [6.07, 6.45) is 0. The van der Waals surface area contributed by atoms with E-state index < -0.39 is 52.3 Å². The lowest BCUT2D eigenvalue weighted by molar-refractivity contribution is -0.129. The zero-order valence-corrected chi connectivity index (χ0v) is 13.6. The molecule has 22 heavy (non-hydrogen) atoms. The van der Waals surface area contributed by atoms with Crippen molar-refractivity contribution in [1.82, 2.24) is 0 Å². The van der Waals surface area contributed by atoms with Gasteiger partial charge < -0.3 is 10.8 Å².